The van der Waals surface area contributed by atoms with E-state index in [1.54, 1.807) is 6.07 Å². The second-order valence-corrected chi connectivity index (χ2v) is 8.98. The van der Waals surface area contributed by atoms with Gasteiger partial charge >= 0.3 is 0 Å². The fraction of sp³-hybridized carbons (Fsp3) is 0.235. The van der Waals surface area contributed by atoms with Gasteiger partial charge in [-0.2, -0.15) is 0 Å². The zero-order chi connectivity index (χ0) is 19.6. The molecule has 1 N–H and O–H groups in total. The van der Waals surface area contributed by atoms with E-state index in [1.807, 2.05) is 26.0 Å². The van der Waals surface area contributed by atoms with E-state index >= 15 is 0 Å². The SMILES string of the molecule is Cc1ccc(NC(=O)CN(c2cc(Cl)c(Cl)cc2Cl)S(C)(=O)=O)c(C)c1. The third-order valence-electron chi connectivity index (χ3n) is 3.60. The van der Waals surface area contributed by atoms with Crippen LogP contribution in [0.15, 0.2) is 30.3 Å². The summed E-state index contributed by atoms with van der Waals surface area (Å²) in [5, 5.41) is 3.10. The van der Waals surface area contributed by atoms with Gasteiger partial charge in [-0.3, -0.25) is 9.10 Å². The van der Waals surface area contributed by atoms with Gasteiger partial charge < -0.3 is 5.32 Å². The molecule has 0 aliphatic rings. The van der Waals surface area contributed by atoms with Gasteiger partial charge in [-0.05, 0) is 37.6 Å². The van der Waals surface area contributed by atoms with E-state index in [4.69, 9.17) is 34.8 Å². The minimum Gasteiger partial charge on any atom is -0.324 e. The van der Waals surface area contributed by atoms with Gasteiger partial charge in [0.05, 0.1) is 27.0 Å². The number of benzene rings is 2. The summed E-state index contributed by atoms with van der Waals surface area (Å²) in [6.07, 6.45) is 0.982. The molecule has 2 aromatic rings. The monoisotopic (exact) mass is 434 g/mol. The summed E-state index contributed by atoms with van der Waals surface area (Å²) in [7, 11) is -3.79. The third kappa shape index (κ3) is 5.04. The lowest BCUT2D eigenvalue weighted by molar-refractivity contribution is -0.114. The van der Waals surface area contributed by atoms with Crippen LogP contribution < -0.4 is 9.62 Å². The van der Waals surface area contributed by atoms with E-state index < -0.39 is 22.5 Å². The molecule has 2 rings (SSSR count). The van der Waals surface area contributed by atoms with Crippen LogP contribution in [0.5, 0.6) is 0 Å². The van der Waals surface area contributed by atoms with E-state index in [1.165, 1.54) is 12.1 Å². The minimum absolute atomic E-state index is 0.0733. The summed E-state index contributed by atoms with van der Waals surface area (Å²) in [5.41, 5.74) is 2.62. The van der Waals surface area contributed by atoms with Crippen LogP contribution in [0.3, 0.4) is 0 Å². The van der Waals surface area contributed by atoms with Crippen molar-refractivity contribution in [2.75, 3.05) is 22.4 Å². The Bertz CT molecular complexity index is 962. The maximum Gasteiger partial charge on any atom is 0.245 e. The molecule has 1 amide bonds. The average Bonchev–Trinajstić information content (AvgIpc) is 2.50. The fourth-order valence-electron chi connectivity index (χ4n) is 2.36. The van der Waals surface area contributed by atoms with Crippen molar-refractivity contribution >= 4 is 62.1 Å². The summed E-state index contributed by atoms with van der Waals surface area (Å²) in [6, 6.07) is 8.19. The lowest BCUT2D eigenvalue weighted by atomic mass is 10.1. The van der Waals surface area contributed by atoms with Crippen LogP contribution in [0.1, 0.15) is 11.1 Å². The molecule has 0 aliphatic heterocycles. The number of carbonyl (C=O) groups is 1. The first-order valence-corrected chi connectivity index (χ1v) is 10.5. The predicted octanol–water partition coefficient (Wildman–Crippen LogP) is 4.67. The highest BCUT2D eigenvalue weighted by atomic mass is 35.5. The van der Waals surface area contributed by atoms with Gasteiger partial charge in [0, 0.05) is 5.69 Å². The number of sulfonamides is 1. The van der Waals surface area contributed by atoms with Gasteiger partial charge in [-0.25, -0.2) is 8.42 Å². The quantitative estimate of drug-likeness (QED) is 0.694. The summed E-state index contributed by atoms with van der Waals surface area (Å²) in [6.45, 7) is 3.34. The molecule has 0 saturated carbocycles. The van der Waals surface area contributed by atoms with Crippen LogP contribution >= 0.6 is 34.8 Å². The summed E-state index contributed by atoms with van der Waals surface area (Å²) >= 11 is 18.0. The molecule has 140 valence electrons. The number of carbonyl (C=O) groups excluding carboxylic acids is 1. The van der Waals surface area contributed by atoms with Crippen LogP contribution in [0.4, 0.5) is 11.4 Å². The van der Waals surface area contributed by atoms with E-state index in [2.05, 4.69) is 5.32 Å². The largest absolute Gasteiger partial charge is 0.324 e. The summed E-state index contributed by atoms with van der Waals surface area (Å²) in [5.74, 6) is -0.510. The van der Waals surface area contributed by atoms with E-state index in [9.17, 15) is 13.2 Å². The molecule has 0 aliphatic carbocycles. The van der Waals surface area contributed by atoms with Crippen LogP contribution in [-0.2, 0) is 14.8 Å². The first-order valence-electron chi connectivity index (χ1n) is 7.48. The fourth-order valence-corrected chi connectivity index (χ4v) is 3.91. The minimum atomic E-state index is -3.79. The molecule has 0 heterocycles. The molecule has 26 heavy (non-hydrogen) atoms. The number of halogens is 3. The molecule has 0 fully saturated rings. The molecule has 2 aromatic carbocycles. The Hall–Kier alpha value is -1.47. The van der Waals surface area contributed by atoms with Crippen molar-refractivity contribution in [3.05, 3.63) is 56.5 Å². The lowest BCUT2D eigenvalue weighted by Crippen LogP contribution is -2.37. The number of rotatable bonds is 5. The lowest BCUT2D eigenvalue weighted by Gasteiger charge is -2.23. The summed E-state index contributed by atoms with van der Waals surface area (Å²) < 4.78 is 25.3. The molecule has 0 saturated heterocycles. The number of hydrogen-bond acceptors (Lipinski definition) is 3. The number of nitrogens with zero attached hydrogens (tertiary/aromatic N) is 1. The van der Waals surface area contributed by atoms with Gasteiger partial charge in [0.1, 0.15) is 6.54 Å². The number of amides is 1. The van der Waals surface area contributed by atoms with Crippen LogP contribution in [-0.4, -0.2) is 27.1 Å². The number of aryl methyl sites for hydroxylation is 2. The molecule has 0 aromatic heterocycles. The Morgan fingerprint density at radius 3 is 2.23 bits per heavy atom. The molecular formula is C17H17Cl3N2O3S. The van der Waals surface area contributed by atoms with Gasteiger partial charge in [0.2, 0.25) is 15.9 Å². The highest BCUT2D eigenvalue weighted by Crippen LogP contribution is 2.35. The number of hydrogen-bond donors (Lipinski definition) is 1. The second-order valence-electron chi connectivity index (χ2n) is 5.85. The molecule has 0 bridgehead atoms. The molecule has 9 heteroatoms. The average molecular weight is 436 g/mol. The molecule has 0 unspecified atom stereocenters. The van der Waals surface area contributed by atoms with Gasteiger partial charge in [-0.1, -0.05) is 52.5 Å². The zero-order valence-corrected chi connectivity index (χ0v) is 17.4. The third-order valence-corrected chi connectivity index (χ3v) is 5.75. The highest BCUT2D eigenvalue weighted by molar-refractivity contribution is 7.92. The second kappa shape index (κ2) is 8.05. The van der Waals surface area contributed by atoms with Crippen molar-refractivity contribution in [1.82, 2.24) is 0 Å². The van der Waals surface area contributed by atoms with Crippen LogP contribution in [0.2, 0.25) is 15.1 Å². The molecule has 5 nitrogen and oxygen atoms in total. The molecule has 0 radical (unpaired) electrons. The van der Waals surface area contributed by atoms with Crippen molar-refractivity contribution in [2.45, 2.75) is 13.8 Å². The number of anilines is 2. The predicted molar refractivity (Wildman–Crippen MR) is 108 cm³/mol. The van der Waals surface area contributed by atoms with Crippen molar-refractivity contribution in [3.8, 4) is 0 Å². The van der Waals surface area contributed by atoms with Crippen molar-refractivity contribution in [1.29, 1.82) is 0 Å². The van der Waals surface area contributed by atoms with Crippen molar-refractivity contribution < 1.29 is 13.2 Å². The van der Waals surface area contributed by atoms with E-state index in [0.717, 1.165) is 21.7 Å². The maximum absolute atomic E-state index is 12.4. The Kier molecular flexibility index (Phi) is 6.45. The van der Waals surface area contributed by atoms with Crippen molar-refractivity contribution in [3.63, 3.8) is 0 Å². The van der Waals surface area contributed by atoms with Crippen molar-refractivity contribution in [2.24, 2.45) is 0 Å². The van der Waals surface area contributed by atoms with Crippen LogP contribution in [0.25, 0.3) is 0 Å². The van der Waals surface area contributed by atoms with Gasteiger partial charge in [-0.15, -0.1) is 0 Å². The highest BCUT2D eigenvalue weighted by Gasteiger charge is 2.24. The van der Waals surface area contributed by atoms with Gasteiger partial charge in [0.25, 0.3) is 0 Å². The Morgan fingerprint density at radius 2 is 1.65 bits per heavy atom. The zero-order valence-electron chi connectivity index (χ0n) is 14.3. The molecule has 0 spiro atoms. The first-order chi connectivity index (χ1) is 12.0. The molecule has 0 atom stereocenters. The molecular weight excluding hydrogens is 419 g/mol. The normalized spacial score (nSPS) is 11.3. The topological polar surface area (TPSA) is 66.5 Å². The Balaban J connectivity index is 2.32. The van der Waals surface area contributed by atoms with E-state index in [-0.39, 0.29) is 20.8 Å². The Labute approximate surface area is 167 Å². The number of nitrogens with one attached hydrogen (secondary N) is 1. The summed E-state index contributed by atoms with van der Waals surface area (Å²) in [4.78, 5) is 12.4. The maximum atomic E-state index is 12.4. The van der Waals surface area contributed by atoms with E-state index in [0.29, 0.717) is 5.69 Å². The Morgan fingerprint density at radius 1 is 1.04 bits per heavy atom. The smallest absolute Gasteiger partial charge is 0.245 e. The van der Waals surface area contributed by atoms with Gasteiger partial charge in [0.15, 0.2) is 0 Å². The van der Waals surface area contributed by atoms with Crippen LogP contribution in [0, 0.1) is 13.8 Å². The standard InChI is InChI=1S/C17H17Cl3N2O3S/c1-10-4-5-15(11(2)6-10)21-17(23)9-22(26(3,24)25)16-8-13(19)12(18)7-14(16)20/h4-8H,9H2,1-3H3,(H,21,23). The first kappa shape index (κ1) is 20.8.